The largest absolute Gasteiger partial charge is 0.507 e. The third-order valence-electron chi connectivity index (χ3n) is 1.99. The zero-order valence-electron chi connectivity index (χ0n) is 7.77. The van der Waals surface area contributed by atoms with Gasteiger partial charge in [-0.3, -0.25) is 4.79 Å². The van der Waals surface area contributed by atoms with Gasteiger partial charge in [0.1, 0.15) is 17.3 Å². The minimum absolute atomic E-state index is 0.0502. The number of rotatable bonds is 1. The van der Waals surface area contributed by atoms with Gasteiger partial charge < -0.3 is 15.8 Å². The Morgan fingerprint density at radius 3 is 2.73 bits per heavy atom. The average Bonchev–Trinajstić information content (AvgIpc) is 2.23. The first-order valence-electron chi connectivity index (χ1n) is 4.31. The van der Waals surface area contributed by atoms with Crippen molar-refractivity contribution < 1.29 is 5.11 Å². The van der Waals surface area contributed by atoms with Crippen molar-refractivity contribution in [1.29, 1.82) is 0 Å². The second kappa shape index (κ2) is 3.45. The lowest BCUT2D eigenvalue weighted by molar-refractivity contribution is 0.477. The van der Waals surface area contributed by atoms with E-state index in [0.717, 1.165) is 0 Å². The maximum absolute atomic E-state index is 11.2. The molecule has 1 aromatic heterocycles. The van der Waals surface area contributed by atoms with Gasteiger partial charge in [0.05, 0.1) is 11.8 Å². The van der Waals surface area contributed by atoms with Crippen molar-refractivity contribution in [3.8, 4) is 17.1 Å². The Morgan fingerprint density at radius 1 is 1.33 bits per heavy atom. The van der Waals surface area contributed by atoms with Gasteiger partial charge in [-0.05, 0) is 12.1 Å². The molecule has 0 aliphatic rings. The molecule has 15 heavy (non-hydrogen) atoms. The summed E-state index contributed by atoms with van der Waals surface area (Å²) in [5.74, 6) is 0.359. The summed E-state index contributed by atoms with van der Waals surface area (Å²) in [6.45, 7) is 0. The normalized spacial score (nSPS) is 10.1. The van der Waals surface area contributed by atoms with Gasteiger partial charge in [-0.1, -0.05) is 12.1 Å². The highest BCUT2D eigenvalue weighted by molar-refractivity contribution is 5.63. The molecule has 0 spiro atoms. The molecule has 0 saturated carbocycles. The summed E-state index contributed by atoms with van der Waals surface area (Å²) in [5, 5.41) is 9.53. The molecule has 0 fully saturated rings. The van der Waals surface area contributed by atoms with Crippen molar-refractivity contribution >= 4 is 5.69 Å². The number of aromatic nitrogens is 2. The Morgan fingerprint density at radius 2 is 2.07 bits per heavy atom. The number of nitrogens with zero attached hydrogens (tertiary/aromatic N) is 1. The van der Waals surface area contributed by atoms with Gasteiger partial charge in [-0.2, -0.15) is 0 Å². The topological polar surface area (TPSA) is 92.0 Å². The molecule has 1 aromatic carbocycles. The minimum atomic E-state index is -0.414. The summed E-state index contributed by atoms with van der Waals surface area (Å²) >= 11 is 0. The average molecular weight is 203 g/mol. The maximum Gasteiger partial charge on any atom is 0.274 e. The number of aromatic hydroxyl groups is 1. The summed E-state index contributed by atoms with van der Waals surface area (Å²) in [7, 11) is 0. The Labute approximate surface area is 85.2 Å². The molecule has 0 unspecified atom stereocenters. The number of aromatic amines is 1. The van der Waals surface area contributed by atoms with Crippen LogP contribution in [0.4, 0.5) is 5.69 Å². The first-order chi connectivity index (χ1) is 7.18. The molecule has 0 aliphatic heterocycles. The first-order valence-corrected chi connectivity index (χ1v) is 4.31. The van der Waals surface area contributed by atoms with E-state index in [-0.39, 0.29) is 11.4 Å². The van der Waals surface area contributed by atoms with Gasteiger partial charge in [0, 0.05) is 0 Å². The van der Waals surface area contributed by atoms with Crippen LogP contribution in [0.15, 0.2) is 35.3 Å². The van der Waals surface area contributed by atoms with Crippen LogP contribution in [0.2, 0.25) is 0 Å². The molecule has 0 amide bonds. The van der Waals surface area contributed by atoms with Crippen LogP contribution >= 0.6 is 0 Å². The van der Waals surface area contributed by atoms with E-state index in [4.69, 9.17) is 5.73 Å². The van der Waals surface area contributed by atoms with Crippen LogP contribution < -0.4 is 11.3 Å². The number of hydrogen-bond donors (Lipinski definition) is 3. The Kier molecular flexibility index (Phi) is 2.13. The maximum atomic E-state index is 11.2. The van der Waals surface area contributed by atoms with E-state index in [9.17, 15) is 9.90 Å². The van der Waals surface area contributed by atoms with E-state index in [1.165, 1.54) is 12.3 Å². The zero-order valence-corrected chi connectivity index (χ0v) is 7.77. The smallest absolute Gasteiger partial charge is 0.274 e. The molecule has 0 aliphatic carbocycles. The lowest BCUT2D eigenvalue weighted by atomic mass is 10.2. The first kappa shape index (κ1) is 9.26. The molecule has 2 aromatic rings. The number of hydrogen-bond acceptors (Lipinski definition) is 4. The number of H-pyrrole nitrogens is 1. The summed E-state index contributed by atoms with van der Waals surface area (Å²) in [5.41, 5.74) is 5.44. The molecule has 1 heterocycles. The number of nitrogens with two attached hydrogens (primary N) is 1. The number of benzene rings is 1. The van der Waals surface area contributed by atoms with E-state index in [1.54, 1.807) is 18.2 Å². The molecule has 4 N–H and O–H groups in total. The molecule has 0 bridgehead atoms. The van der Waals surface area contributed by atoms with Crippen molar-refractivity contribution in [2.24, 2.45) is 0 Å². The van der Waals surface area contributed by atoms with Gasteiger partial charge in [0.25, 0.3) is 5.56 Å². The Hall–Kier alpha value is -2.30. The molecule has 0 radical (unpaired) electrons. The second-order valence-electron chi connectivity index (χ2n) is 3.03. The molecule has 5 heteroatoms. The second-order valence-corrected chi connectivity index (χ2v) is 3.03. The van der Waals surface area contributed by atoms with Crippen molar-refractivity contribution in [3.05, 3.63) is 40.8 Å². The minimum Gasteiger partial charge on any atom is -0.507 e. The van der Waals surface area contributed by atoms with Crippen LogP contribution in [0.3, 0.4) is 0 Å². The van der Waals surface area contributed by atoms with Gasteiger partial charge in [0.15, 0.2) is 0 Å². The SMILES string of the molecule is Nc1cnc(-c2ccccc2O)[nH]c1=O. The fourth-order valence-corrected chi connectivity index (χ4v) is 1.22. The highest BCUT2D eigenvalue weighted by Gasteiger charge is 2.06. The van der Waals surface area contributed by atoms with E-state index in [1.807, 2.05) is 0 Å². The lowest BCUT2D eigenvalue weighted by Gasteiger charge is -2.02. The van der Waals surface area contributed by atoms with Crippen LogP contribution in [-0.4, -0.2) is 15.1 Å². The van der Waals surface area contributed by atoms with Crippen molar-refractivity contribution in [2.45, 2.75) is 0 Å². The predicted molar refractivity (Wildman–Crippen MR) is 56.4 cm³/mol. The Bertz CT molecular complexity index is 548. The number of nitrogens with one attached hydrogen (secondary N) is 1. The van der Waals surface area contributed by atoms with E-state index in [2.05, 4.69) is 9.97 Å². The van der Waals surface area contributed by atoms with Crippen molar-refractivity contribution in [3.63, 3.8) is 0 Å². The van der Waals surface area contributed by atoms with E-state index in [0.29, 0.717) is 11.4 Å². The van der Waals surface area contributed by atoms with Crippen LogP contribution in [0.25, 0.3) is 11.4 Å². The van der Waals surface area contributed by atoms with Crippen LogP contribution in [-0.2, 0) is 0 Å². The quantitative estimate of drug-likeness (QED) is 0.636. The molecule has 0 saturated heterocycles. The molecular weight excluding hydrogens is 194 g/mol. The number of nitrogen functional groups attached to an aromatic ring is 1. The van der Waals surface area contributed by atoms with Gasteiger partial charge in [-0.25, -0.2) is 4.98 Å². The third-order valence-corrected chi connectivity index (χ3v) is 1.99. The summed E-state index contributed by atoms with van der Waals surface area (Å²) < 4.78 is 0. The monoisotopic (exact) mass is 203 g/mol. The Balaban J connectivity index is 2.60. The summed E-state index contributed by atoms with van der Waals surface area (Å²) in [6.07, 6.45) is 1.26. The molecule has 5 nitrogen and oxygen atoms in total. The van der Waals surface area contributed by atoms with E-state index < -0.39 is 5.56 Å². The number of phenols is 1. The van der Waals surface area contributed by atoms with Gasteiger partial charge >= 0.3 is 0 Å². The van der Waals surface area contributed by atoms with Crippen molar-refractivity contribution in [1.82, 2.24) is 9.97 Å². The number of anilines is 1. The van der Waals surface area contributed by atoms with Gasteiger partial charge in [0.2, 0.25) is 0 Å². The molecule has 0 atom stereocenters. The van der Waals surface area contributed by atoms with Crippen LogP contribution in [0, 0.1) is 0 Å². The summed E-state index contributed by atoms with van der Waals surface area (Å²) in [6, 6.07) is 6.61. The fraction of sp³-hybridized carbons (Fsp3) is 0. The standard InChI is InChI=1S/C10H9N3O2/c11-7-5-12-9(13-10(7)15)6-3-1-2-4-8(6)14/h1-5,14H,11H2,(H,12,13,15). The zero-order chi connectivity index (χ0) is 10.8. The lowest BCUT2D eigenvalue weighted by Crippen LogP contribution is -2.13. The molecular formula is C10H9N3O2. The predicted octanol–water partition coefficient (Wildman–Crippen LogP) is 0.725. The van der Waals surface area contributed by atoms with E-state index >= 15 is 0 Å². The molecule has 2 rings (SSSR count). The highest BCUT2D eigenvalue weighted by Crippen LogP contribution is 2.24. The van der Waals surface area contributed by atoms with Crippen LogP contribution in [0.5, 0.6) is 5.75 Å². The van der Waals surface area contributed by atoms with Gasteiger partial charge in [-0.15, -0.1) is 0 Å². The fourth-order valence-electron chi connectivity index (χ4n) is 1.22. The highest BCUT2D eigenvalue weighted by atomic mass is 16.3. The van der Waals surface area contributed by atoms with Crippen molar-refractivity contribution in [2.75, 3.05) is 5.73 Å². The molecule has 76 valence electrons. The number of phenolic OH excluding ortho intramolecular Hbond substituents is 1. The van der Waals surface area contributed by atoms with Crippen LogP contribution in [0.1, 0.15) is 0 Å². The third kappa shape index (κ3) is 1.67. The number of para-hydroxylation sites is 1. The summed E-state index contributed by atoms with van der Waals surface area (Å²) in [4.78, 5) is 17.6.